The van der Waals surface area contributed by atoms with E-state index < -0.39 is 0 Å². The van der Waals surface area contributed by atoms with Gasteiger partial charge in [-0.1, -0.05) is 26.0 Å². The molecule has 3 nitrogen and oxygen atoms in total. The maximum absolute atomic E-state index is 9.23. The largest absolute Gasteiger partial charge is 0.508 e. The standard InChI is InChI=1S/C14H23NO2/c1-3-9-17-11-13(15-4-2)10-12-5-7-14(16)8-6-12/h5-8,13,15-16H,3-4,9-11H2,1-2H3. The fourth-order valence-corrected chi connectivity index (χ4v) is 1.77. The van der Waals surface area contributed by atoms with Crippen molar-refractivity contribution in [3.63, 3.8) is 0 Å². The molecule has 0 saturated heterocycles. The first-order valence-corrected chi connectivity index (χ1v) is 6.35. The van der Waals surface area contributed by atoms with Crippen molar-refractivity contribution >= 4 is 0 Å². The maximum Gasteiger partial charge on any atom is 0.115 e. The lowest BCUT2D eigenvalue weighted by Gasteiger charge is -2.18. The molecule has 1 atom stereocenters. The molecule has 0 aliphatic rings. The molecule has 1 unspecified atom stereocenters. The van der Waals surface area contributed by atoms with Crippen molar-refractivity contribution < 1.29 is 9.84 Å². The SMILES string of the molecule is CCCOCC(Cc1ccc(O)cc1)NCC. The summed E-state index contributed by atoms with van der Waals surface area (Å²) < 4.78 is 5.58. The molecule has 0 radical (unpaired) electrons. The van der Waals surface area contributed by atoms with Crippen LogP contribution in [0.1, 0.15) is 25.8 Å². The summed E-state index contributed by atoms with van der Waals surface area (Å²) in [5, 5.41) is 12.6. The van der Waals surface area contributed by atoms with Gasteiger partial charge < -0.3 is 15.2 Å². The van der Waals surface area contributed by atoms with Crippen LogP contribution in [0.15, 0.2) is 24.3 Å². The Balaban J connectivity index is 2.44. The van der Waals surface area contributed by atoms with E-state index in [1.54, 1.807) is 12.1 Å². The highest BCUT2D eigenvalue weighted by Crippen LogP contribution is 2.11. The van der Waals surface area contributed by atoms with E-state index in [-0.39, 0.29) is 0 Å². The van der Waals surface area contributed by atoms with Crippen molar-refractivity contribution in [3.05, 3.63) is 29.8 Å². The summed E-state index contributed by atoms with van der Waals surface area (Å²) in [7, 11) is 0. The Bertz CT molecular complexity index is 298. The van der Waals surface area contributed by atoms with E-state index >= 15 is 0 Å². The van der Waals surface area contributed by atoms with E-state index in [1.165, 1.54) is 5.56 Å². The number of hydrogen-bond donors (Lipinski definition) is 2. The Morgan fingerprint density at radius 2 is 1.94 bits per heavy atom. The number of ether oxygens (including phenoxy) is 1. The molecule has 2 N–H and O–H groups in total. The number of hydrogen-bond acceptors (Lipinski definition) is 3. The first-order chi connectivity index (χ1) is 8.26. The molecule has 0 aliphatic heterocycles. The molecular weight excluding hydrogens is 214 g/mol. The molecule has 1 aromatic rings. The molecule has 0 aliphatic carbocycles. The zero-order chi connectivity index (χ0) is 12.5. The lowest BCUT2D eigenvalue weighted by molar-refractivity contribution is 0.112. The van der Waals surface area contributed by atoms with Gasteiger partial charge in [-0.15, -0.1) is 0 Å². The molecule has 0 amide bonds. The van der Waals surface area contributed by atoms with Crippen LogP contribution in [0.5, 0.6) is 5.75 Å². The summed E-state index contributed by atoms with van der Waals surface area (Å²) in [5.74, 6) is 0.316. The smallest absolute Gasteiger partial charge is 0.115 e. The van der Waals surface area contributed by atoms with Crippen molar-refractivity contribution in [2.75, 3.05) is 19.8 Å². The zero-order valence-corrected chi connectivity index (χ0v) is 10.8. The molecule has 1 rings (SSSR count). The lowest BCUT2D eigenvalue weighted by atomic mass is 10.1. The first-order valence-electron chi connectivity index (χ1n) is 6.35. The minimum Gasteiger partial charge on any atom is -0.508 e. The Labute approximate surface area is 104 Å². The average molecular weight is 237 g/mol. The van der Waals surface area contributed by atoms with Gasteiger partial charge in [-0.05, 0) is 37.1 Å². The van der Waals surface area contributed by atoms with E-state index in [0.29, 0.717) is 11.8 Å². The second kappa shape index (κ2) is 8.09. The van der Waals surface area contributed by atoms with Gasteiger partial charge in [-0.2, -0.15) is 0 Å². The van der Waals surface area contributed by atoms with Gasteiger partial charge in [0, 0.05) is 12.6 Å². The van der Waals surface area contributed by atoms with E-state index in [4.69, 9.17) is 4.74 Å². The second-order valence-corrected chi connectivity index (χ2v) is 4.20. The van der Waals surface area contributed by atoms with Gasteiger partial charge in [0.1, 0.15) is 5.75 Å². The molecule has 0 aromatic heterocycles. The predicted octanol–water partition coefficient (Wildman–Crippen LogP) is 2.34. The lowest BCUT2D eigenvalue weighted by Crippen LogP contribution is -2.35. The van der Waals surface area contributed by atoms with Crippen LogP contribution in [0.4, 0.5) is 0 Å². The minimum absolute atomic E-state index is 0.316. The highest BCUT2D eigenvalue weighted by Gasteiger charge is 2.08. The maximum atomic E-state index is 9.23. The van der Waals surface area contributed by atoms with Gasteiger partial charge >= 0.3 is 0 Å². The molecule has 0 bridgehead atoms. The Morgan fingerprint density at radius 1 is 1.24 bits per heavy atom. The number of likely N-dealkylation sites (N-methyl/N-ethyl adjacent to an activating group) is 1. The third-order valence-electron chi connectivity index (χ3n) is 2.58. The summed E-state index contributed by atoms with van der Waals surface area (Å²) in [6.07, 6.45) is 1.98. The highest BCUT2D eigenvalue weighted by molar-refractivity contribution is 5.26. The van der Waals surface area contributed by atoms with E-state index in [1.807, 2.05) is 12.1 Å². The third kappa shape index (κ3) is 5.71. The van der Waals surface area contributed by atoms with E-state index in [9.17, 15) is 5.11 Å². The Morgan fingerprint density at radius 3 is 2.53 bits per heavy atom. The summed E-state index contributed by atoms with van der Waals surface area (Å²) in [6.45, 7) is 6.71. The normalized spacial score (nSPS) is 12.6. The number of phenols is 1. The monoisotopic (exact) mass is 237 g/mol. The second-order valence-electron chi connectivity index (χ2n) is 4.20. The summed E-state index contributed by atoms with van der Waals surface area (Å²) in [5.41, 5.74) is 1.22. The fourth-order valence-electron chi connectivity index (χ4n) is 1.77. The van der Waals surface area contributed by atoms with Crippen molar-refractivity contribution in [2.24, 2.45) is 0 Å². The highest BCUT2D eigenvalue weighted by atomic mass is 16.5. The van der Waals surface area contributed by atoms with Crippen molar-refractivity contribution in [2.45, 2.75) is 32.7 Å². The van der Waals surface area contributed by atoms with Crippen LogP contribution in [0.2, 0.25) is 0 Å². The average Bonchev–Trinajstić information content (AvgIpc) is 2.32. The molecule has 96 valence electrons. The van der Waals surface area contributed by atoms with Gasteiger partial charge in [0.2, 0.25) is 0 Å². The molecule has 3 heteroatoms. The van der Waals surface area contributed by atoms with Gasteiger partial charge in [0.15, 0.2) is 0 Å². The van der Waals surface area contributed by atoms with Crippen molar-refractivity contribution in [1.29, 1.82) is 0 Å². The van der Waals surface area contributed by atoms with Crippen molar-refractivity contribution in [1.82, 2.24) is 5.32 Å². The van der Waals surface area contributed by atoms with Crippen LogP contribution in [0.3, 0.4) is 0 Å². The summed E-state index contributed by atoms with van der Waals surface area (Å²) >= 11 is 0. The minimum atomic E-state index is 0.316. The van der Waals surface area contributed by atoms with Crippen LogP contribution in [-0.2, 0) is 11.2 Å². The number of phenolic OH excluding ortho intramolecular Hbond substituents is 1. The molecule has 0 fully saturated rings. The van der Waals surface area contributed by atoms with Gasteiger partial charge in [0.25, 0.3) is 0 Å². The molecule has 0 saturated carbocycles. The molecular formula is C14H23NO2. The predicted molar refractivity (Wildman–Crippen MR) is 70.4 cm³/mol. The Hall–Kier alpha value is -1.06. The third-order valence-corrected chi connectivity index (χ3v) is 2.58. The zero-order valence-electron chi connectivity index (χ0n) is 10.8. The summed E-state index contributed by atoms with van der Waals surface area (Å²) in [6, 6.07) is 7.71. The molecule has 17 heavy (non-hydrogen) atoms. The van der Waals surface area contributed by atoms with Crippen LogP contribution in [0, 0.1) is 0 Å². The fraction of sp³-hybridized carbons (Fsp3) is 0.571. The van der Waals surface area contributed by atoms with E-state index in [0.717, 1.165) is 32.6 Å². The van der Waals surface area contributed by atoms with Crippen LogP contribution >= 0.6 is 0 Å². The number of nitrogens with one attached hydrogen (secondary N) is 1. The first kappa shape index (κ1) is 14.0. The molecule has 1 aromatic carbocycles. The van der Waals surface area contributed by atoms with Crippen molar-refractivity contribution in [3.8, 4) is 5.75 Å². The van der Waals surface area contributed by atoms with E-state index in [2.05, 4.69) is 19.2 Å². The molecule has 0 heterocycles. The molecule has 0 spiro atoms. The number of aromatic hydroxyl groups is 1. The quantitative estimate of drug-likeness (QED) is 0.682. The van der Waals surface area contributed by atoms with Gasteiger partial charge in [-0.3, -0.25) is 0 Å². The van der Waals surface area contributed by atoms with Gasteiger partial charge in [-0.25, -0.2) is 0 Å². The van der Waals surface area contributed by atoms with Crippen LogP contribution < -0.4 is 5.32 Å². The van der Waals surface area contributed by atoms with Gasteiger partial charge in [0.05, 0.1) is 6.61 Å². The Kier molecular flexibility index (Phi) is 6.67. The topological polar surface area (TPSA) is 41.5 Å². The number of rotatable bonds is 8. The summed E-state index contributed by atoms with van der Waals surface area (Å²) in [4.78, 5) is 0. The van der Waals surface area contributed by atoms with Crippen LogP contribution in [0.25, 0.3) is 0 Å². The number of benzene rings is 1. The van der Waals surface area contributed by atoms with Crippen LogP contribution in [-0.4, -0.2) is 30.9 Å².